The lowest BCUT2D eigenvalue weighted by Gasteiger charge is -2.38. The number of rotatable bonds is 6. The highest BCUT2D eigenvalue weighted by atomic mass is 31.2. The van der Waals surface area contributed by atoms with Crippen molar-refractivity contribution in [2.24, 2.45) is 5.92 Å². The highest BCUT2D eigenvalue weighted by Gasteiger charge is 2.34. The molecule has 0 aromatic carbocycles. The van der Waals surface area contributed by atoms with Crippen molar-refractivity contribution < 1.29 is 19.0 Å². The Bertz CT molecular complexity index is 254. The first-order valence-electron chi connectivity index (χ1n) is 5.72. The number of likely N-dealkylation sites (N-methyl/N-ethyl adjacent to an activating group) is 1. The van der Waals surface area contributed by atoms with Crippen molar-refractivity contribution in [3.63, 3.8) is 0 Å². The van der Waals surface area contributed by atoms with Gasteiger partial charge in [-0.05, 0) is 5.92 Å². The first-order valence-corrected chi connectivity index (χ1v) is 8.01. The smallest absolute Gasteiger partial charge is 0.200 e. The van der Waals surface area contributed by atoms with Gasteiger partial charge in [-0.25, -0.2) is 0 Å². The minimum atomic E-state index is -3.15. The van der Waals surface area contributed by atoms with Crippen molar-refractivity contribution in [1.29, 1.82) is 0 Å². The van der Waals surface area contributed by atoms with Crippen LogP contribution in [-0.2, 0) is 4.57 Å². The number of aliphatic hydroxyl groups excluding tert-OH is 1. The minimum Gasteiger partial charge on any atom is -0.386 e. The first kappa shape index (κ1) is 16.1. The van der Waals surface area contributed by atoms with Crippen LogP contribution < -0.4 is 0 Å². The lowest BCUT2D eigenvalue weighted by Crippen LogP contribution is -2.53. The normalized spacial score (nSPS) is 20.6. The van der Waals surface area contributed by atoms with Gasteiger partial charge in [0, 0.05) is 13.1 Å². The van der Waals surface area contributed by atoms with Crippen molar-refractivity contribution in [2.45, 2.75) is 32.4 Å². The molecule has 0 aliphatic rings. The molecule has 2 unspecified atom stereocenters. The SMILES string of the molecule is CC(C)CC([C@@H](O)CP(C)(=O)O)[N+](C)(C)C. The number of hydrogen-bond donors (Lipinski definition) is 2. The summed E-state index contributed by atoms with van der Waals surface area (Å²) < 4.78 is 11.9. The molecule has 0 spiro atoms. The molecule has 0 heterocycles. The van der Waals surface area contributed by atoms with E-state index in [1.54, 1.807) is 0 Å². The fourth-order valence-corrected chi connectivity index (χ4v) is 2.88. The summed E-state index contributed by atoms with van der Waals surface area (Å²) in [5, 5.41) is 10.1. The minimum absolute atomic E-state index is 0.000394. The van der Waals surface area contributed by atoms with Crippen LogP contribution in [0, 0.1) is 5.92 Å². The summed E-state index contributed by atoms with van der Waals surface area (Å²) in [6.07, 6.45) is 0.119. The Morgan fingerprint density at radius 3 is 1.94 bits per heavy atom. The number of quaternary nitrogens is 1. The Morgan fingerprint density at radius 2 is 1.69 bits per heavy atom. The number of aliphatic hydroxyl groups is 1. The van der Waals surface area contributed by atoms with Crippen LogP contribution in [0.5, 0.6) is 0 Å². The van der Waals surface area contributed by atoms with Crippen molar-refractivity contribution in [3.05, 3.63) is 0 Å². The topological polar surface area (TPSA) is 57.5 Å². The second-order valence-electron chi connectivity index (χ2n) is 6.11. The summed E-state index contributed by atoms with van der Waals surface area (Å²) in [4.78, 5) is 9.33. The van der Waals surface area contributed by atoms with Gasteiger partial charge >= 0.3 is 0 Å². The van der Waals surface area contributed by atoms with E-state index in [0.717, 1.165) is 6.42 Å². The zero-order valence-electron chi connectivity index (χ0n) is 11.3. The van der Waals surface area contributed by atoms with Gasteiger partial charge in [0.1, 0.15) is 12.1 Å². The fourth-order valence-electron chi connectivity index (χ4n) is 1.94. The summed E-state index contributed by atoms with van der Waals surface area (Å²) in [6.45, 7) is 5.50. The molecule has 0 saturated carbocycles. The molecule has 0 bridgehead atoms. The van der Waals surface area contributed by atoms with Crippen LogP contribution in [0.1, 0.15) is 20.3 Å². The van der Waals surface area contributed by atoms with E-state index in [1.807, 2.05) is 21.1 Å². The predicted molar refractivity (Wildman–Crippen MR) is 67.9 cm³/mol. The van der Waals surface area contributed by atoms with E-state index in [0.29, 0.717) is 10.4 Å². The van der Waals surface area contributed by atoms with Gasteiger partial charge in [-0.2, -0.15) is 0 Å². The van der Waals surface area contributed by atoms with Crippen molar-refractivity contribution in [3.8, 4) is 0 Å². The molecule has 0 aliphatic carbocycles. The molecule has 0 amide bonds. The molecule has 0 aromatic heterocycles. The molecular formula is C11H27NO3P+. The molecule has 2 N–H and O–H groups in total. The summed E-state index contributed by atoms with van der Waals surface area (Å²) in [5.74, 6) is 0.465. The highest BCUT2D eigenvalue weighted by molar-refractivity contribution is 7.57. The molecule has 0 rings (SSSR count). The molecule has 98 valence electrons. The van der Waals surface area contributed by atoms with Gasteiger partial charge in [0.2, 0.25) is 0 Å². The fraction of sp³-hybridized carbons (Fsp3) is 1.00. The lowest BCUT2D eigenvalue weighted by molar-refractivity contribution is -0.900. The maximum atomic E-state index is 11.3. The molecule has 5 heteroatoms. The third-order valence-electron chi connectivity index (χ3n) is 2.68. The van der Waals surface area contributed by atoms with Crippen molar-refractivity contribution in [2.75, 3.05) is 34.0 Å². The third kappa shape index (κ3) is 6.64. The van der Waals surface area contributed by atoms with Gasteiger partial charge in [-0.15, -0.1) is 0 Å². The Kier molecular flexibility index (Phi) is 5.67. The van der Waals surface area contributed by atoms with E-state index in [2.05, 4.69) is 13.8 Å². The Hall–Kier alpha value is 0.110. The van der Waals surface area contributed by atoms with E-state index < -0.39 is 13.5 Å². The standard InChI is InChI=1S/C11H26NO3P/c1-9(2)7-10(12(3,4)5)11(13)8-16(6,14)15/h9-11,13H,7-8H2,1-6H3/p+1/t10?,11-/m0/s1. The summed E-state index contributed by atoms with van der Waals surface area (Å²) in [5.41, 5.74) is 0. The lowest BCUT2D eigenvalue weighted by atomic mass is 9.97. The second-order valence-corrected chi connectivity index (χ2v) is 8.58. The van der Waals surface area contributed by atoms with E-state index in [9.17, 15) is 14.6 Å². The van der Waals surface area contributed by atoms with Crippen molar-refractivity contribution in [1.82, 2.24) is 0 Å². The van der Waals surface area contributed by atoms with Crippen LogP contribution in [0.3, 0.4) is 0 Å². The second kappa shape index (κ2) is 5.63. The van der Waals surface area contributed by atoms with Gasteiger partial charge in [-0.3, -0.25) is 4.57 Å². The van der Waals surface area contributed by atoms with Crippen LogP contribution >= 0.6 is 7.37 Å². The quantitative estimate of drug-likeness (QED) is 0.554. The molecule has 0 fully saturated rings. The van der Waals surface area contributed by atoms with E-state index >= 15 is 0 Å². The molecule has 0 radical (unpaired) electrons. The average Bonchev–Trinajstić information content (AvgIpc) is 1.93. The molecular weight excluding hydrogens is 225 g/mol. The molecule has 0 saturated heterocycles. The maximum Gasteiger partial charge on any atom is 0.200 e. The summed E-state index contributed by atoms with van der Waals surface area (Å²) in [6, 6.07) is 0.000394. The molecule has 3 atom stereocenters. The van der Waals surface area contributed by atoms with Crippen LogP contribution in [0.25, 0.3) is 0 Å². The molecule has 4 nitrogen and oxygen atoms in total. The summed E-state index contributed by atoms with van der Waals surface area (Å²) in [7, 11) is 2.88. The van der Waals surface area contributed by atoms with Gasteiger partial charge < -0.3 is 14.5 Å². The summed E-state index contributed by atoms with van der Waals surface area (Å²) >= 11 is 0. The van der Waals surface area contributed by atoms with Gasteiger partial charge in [0.15, 0.2) is 7.37 Å². The number of nitrogens with zero attached hydrogens (tertiary/aromatic N) is 1. The zero-order chi connectivity index (χ0) is 13.1. The first-order chi connectivity index (χ1) is 6.93. The van der Waals surface area contributed by atoms with Crippen LogP contribution in [0.15, 0.2) is 0 Å². The van der Waals surface area contributed by atoms with E-state index in [1.165, 1.54) is 6.66 Å². The van der Waals surface area contributed by atoms with E-state index in [-0.39, 0.29) is 12.2 Å². The van der Waals surface area contributed by atoms with E-state index in [4.69, 9.17) is 0 Å². The molecule has 0 aromatic rings. The number of hydrogen-bond acceptors (Lipinski definition) is 2. The predicted octanol–water partition coefficient (Wildman–Crippen LogP) is 1.37. The monoisotopic (exact) mass is 252 g/mol. The average molecular weight is 252 g/mol. The highest BCUT2D eigenvalue weighted by Crippen LogP contribution is 2.37. The maximum absolute atomic E-state index is 11.3. The Morgan fingerprint density at radius 1 is 1.25 bits per heavy atom. The molecule has 0 aliphatic heterocycles. The van der Waals surface area contributed by atoms with Crippen LogP contribution in [-0.4, -0.2) is 60.6 Å². The van der Waals surface area contributed by atoms with Crippen LogP contribution in [0.4, 0.5) is 0 Å². The third-order valence-corrected chi connectivity index (χ3v) is 3.73. The Labute approximate surface area is 99.3 Å². The van der Waals surface area contributed by atoms with Crippen LogP contribution in [0.2, 0.25) is 0 Å². The van der Waals surface area contributed by atoms with Gasteiger partial charge in [0.25, 0.3) is 0 Å². The van der Waals surface area contributed by atoms with Crippen molar-refractivity contribution >= 4 is 7.37 Å². The zero-order valence-corrected chi connectivity index (χ0v) is 12.2. The van der Waals surface area contributed by atoms with Gasteiger partial charge in [-0.1, -0.05) is 13.8 Å². The Balaban J connectivity index is 4.70. The molecule has 16 heavy (non-hydrogen) atoms. The van der Waals surface area contributed by atoms with Gasteiger partial charge in [0.05, 0.1) is 27.3 Å². The largest absolute Gasteiger partial charge is 0.386 e.